The van der Waals surface area contributed by atoms with E-state index in [0.29, 0.717) is 33.7 Å². The summed E-state index contributed by atoms with van der Waals surface area (Å²) in [6.07, 6.45) is 1.40. The molecule has 1 N–H and O–H groups in total. The molecular formula is C23H19FN6O4. The Labute approximate surface area is 191 Å². The van der Waals surface area contributed by atoms with Gasteiger partial charge >= 0.3 is 0 Å². The maximum absolute atomic E-state index is 13.5. The molecule has 2 aromatic carbocycles. The molecule has 0 bridgehead atoms. The van der Waals surface area contributed by atoms with E-state index in [9.17, 15) is 14.0 Å². The van der Waals surface area contributed by atoms with E-state index in [0.717, 1.165) is 0 Å². The number of hydrogen-bond acceptors (Lipinski definition) is 7. The summed E-state index contributed by atoms with van der Waals surface area (Å²) in [5.74, 6) is 0.400. The summed E-state index contributed by atoms with van der Waals surface area (Å²) < 4.78 is 26.9. The molecule has 0 saturated carbocycles. The van der Waals surface area contributed by atoms with Crippen LogP contribution < -0.4 is 15.6 Å². The van der Waals surface area contributed by atoms with Crippen molar-refractivity contribution in [3.05, 3.63) is 76.7 Å². The Balaban J connectivity index is 1.61. The summed E-state index contributed by atoms with van der Waals surface area (Å²) in [5.41, 5.74) is 1.22. The maximum atomic E-state index is 13.5. The average molecular weight is 462 g/mol. The highest BCUT2D eigenvalue weighted by Crippen LogP contribution is 2.29. The smallest absolute Gasteiger partial charge is 0.278 e. The fourth-order valence-corrected chi connectivity index (χ4v) is 3.84. The second-order valence-electron chi connectivity index (χ2n) is 7.64. The Morgan fingerprint density at radius 1 is 1.24 bits per heavy atom. The third-order valence-electron chi connectivity index (χ3n) is 5.32. The van der Waals surface area contributed by atoms with Crippen molar-refractivity contribution >= 4 is 33.5 Å². The minimum Gasteiger partial charge on any atom is -0.497 e. The molecule has 5 aromatic rings. The molecule has 0 aliphatic rings. The van der Waals surface area contributed by atoms with Gasteiger partial charge in [-0.3, -0.25) is 14.2 Å². The van der Waals surface area contributed by atoms with E-state index in [4.69, 9.17) is 9.26 Å². The second-order valence-corrected chi connectivity index (χ2v) is 7.64. The fraction of sp³-hybridized carbons (Fsp3) is 0.174. The van der Waals surface area contributed by atoms with Crippen LogP contribution in [0, 0.1) is 12.7 Å². The van der Waals surface area contributed by atoms with Crippen LogP contribution >= 0.6 is 0 Å². The normalized spacial score (nSPS) is 11.3. The number of ether oxygens (including phenoxy) is 1. The summed E-state index contributed by atoms with van der Waals surface area (Å²) >= 11 is 0. The lowest BCUT2D eigenvalue weighted by atomic mass is 10.2. The molecule has 3 heterocycles. The van der Waals surface area contributed by atoms with Crippen molar-refractivity contribution in [2.45, 2.75) is 20.0 Å². The molecule has 0 radical (unpaired) electrons. The van der Waals surface area contributed by atoms with Gasteiger partial charge in [0, 0.05) is 11.1 Å². The molecule has 1 amide bonds. The van der Waals surface area contributed by atoms with Gasteiger partial charge in [0.25, 0.3) is 5.56 Å². The topological polar surface area (TPSA) is 117 Å². The molecule has 0 unspecified atom stereocenters. The van der Waals surface area contributed by atoms with Gasteiger partial charge in [-0.15, -0.1) is 0 Å². The zero-order valence-corrected chi connectivity index (χ0v) is 18.3. The number of carbonyl (C=O) groups is 1. The van der Waals surface area contributed by atoms with Gasteiger partial charge in [-0.1, -0.05) is 11.2 Å². The molecule has 0 saturated heterocycles. The van der Waals surface area contributed by atoms with Gasteiger partial charge in [-0.05, 0) is 43.3 Å². The number of benzene rings is 2. The van der Waals surface area contributed by atoms with E-state index in [1.807, 2.05) is 0 Å². The molecule has 0 aliphatic carbocycles. The van der Waals surface area contributed by atoms with Crippen LogP contribution in [-0.4, -0.2) is 37.3 Å². The van der Waals surface area contributed by atoms with Gasteiger partial charge in [-0.2, -0.15) is 4.98 Å². The van der Waals surface area contributed by atoms with Gasteiger partial charge in [0.05, 0.1) is 19.0 Å². The number of methoxy groups -OCH3 is 1. The number of nitrogens with zero attached hydrogens (tertiary/aromatic N) is 5. The first-order valence-electron chi connectivity index (χ1n) is 10.3. The van der Waals surface area contributed by atoms with E-state index >= 15 is 0 Å². The van der Waals surface area contributed by atoms with Crippen molar-refractivity contribution in [3.8, 4) is 5.75 Å². The highest BCUT2D eigenvalue weighted by molar-refractivity contribution is 6.07. The standard InChI is InChI=1S/C23H19FN6O4/c1-13-26-20(34-28-13)11-29-12-25-21-17-9-16(33-2)6-7-18(17)30(22(21)23(29)32)10-19(31)27-15-5-3-4-14(24)8-15/h3-9,12H,10-11H2,1-2H3,(H,27,31). The van der Waals surface area contributed by atoms with Gasteiger partial charge in [0.15, 0.2) is 5.82 Å². The third-order valence-corrected chi connectivity index (χ3v) is 5.32. The quantitative estimate of drug-likeness (QED) is 0.412. The van der Waals surface area contributed by atoms with E-state index in [1.165, 1.54) is 29.1 Å². The number of aromatic nitrogens is 5. The molecule has 10 nitrogen and oxygen atoms in total. The Bertz CT molecular complexity index is 1600. The molecular weight excluding hydrogens is 443 g/mol. The zero-order chi connectivity index (χ0) is 23.8. The van der Waals surface area contributed by atoms with Crippen molar-refractivity contribution in [2.24, 2.45) is 0 Å². The summed E-state index contributed by atoms with van der Waals surface area (Å²) in [5, 5.41) is 7.06. The lowest BCUT2D eigenvalue weighted by molar-refractivity contribution is -0.116. The van der Waals surface area contributed by atoms with Crippen LogP contribution in [0.5, 0.6) is 5.75 Å². The van der Waals surface area contributed by atoms with Crippen molar-refractivity contribution < 1.29 is 18.4 Å². The maximum Gasteiger partial charge on any atom is 0.278 e. The Morgan fingerprint density at radius 2 is 2.09 bits per heavy atom. The van der Waals surface area contributed by atoms with E-state index in [-0.39, 0.29) is 30.1 Å². The average Bonchev–Trinajstić information content (AvgIpc) is 3.36. The first-order chi connectivity index (χ1) is 16.4. The van der Waals surface area contributed by atoms with Gasteiger partial charge in [0.1, 0.15) is 35.7 Å². The van der Waals surface area contributed by atoms with Crippen LogP contribution in [0.15, 0.2) is 58.1 Å². The van der Waals surface area contributed by atoms with E-state index in [2.05, 4.69) is 20.4 Å². The number of nitrogens with one attached hydrogen (secondary N) is 1. The summed E-state index contributed by atoms with van der Waals surface area (Å²) in [6.45, 7) is 1.52. The van der Waals surface area contributed by atoms with Crippen molar-refractivity contribution in [1.82, 2.24) is 24.3 Å². The number of halogens is 1. The van der Waals surface area contributed by atoms with Crippen LogP contribution in [0.4, 0.5) is 10.1 Å². The molecule has 0 aliphatic heterocycles. The summed E-state index contributed by atoms with van der Waals surface area (Å²) in [4.78, 5) is 34.9. The number of rotatable bonds is 6. The largest absolute Gasteiger partial charge is 0.497 e. The number of anilines is 1. The minimum atomic E-state index is -0.467. The lowest BCUT2D eigenvalue weighted by Crippen LogP contribution is -2.25. The lowest BCUT2D eigenvalue weighted by Gasteiger charge is -2.09. The highest BCUT2D eigenvalue weighted by Gasteiger charge is 2.20. The Morgan fingerprint density at radius 3 is 2.82 bits per heavy atom. The first-order valence-corrected chi connectivity index (χ1v) is 10.3. The Kier molecular flexibility index (Phi) is 5.28. The number of amides is 1. The van der Waals surface area contributed by atoms with Crippen molar-refractivity contribution in [1.29, 1.82) is 0 Å². The van der Waals surface area contributed by atoms with Crippen LogP contribution in [-0.2, 0) is 17.9 Å². The molecule has 0 spiro atoms. The van der Waals surface area contributed by atoms with Gasteiger partial charge < -0.3 is 19.1 Å². The molecule has 5 rings (SSSR count). The third kappa shape index (κ3) is 3.87. The second kappa shape index (κ2) is 8.43. The van der Waals surface area contributed by atoms with Crippen LogP contribution in [0.3, 0.4) is 0 Å². The zero-order valence-electron chi connectivity index (χ0n) is 18.3. The highest BCUT2D eigenvalue weighted by atomic mass is 19.1. The van der Waals surface area contributed by atoms with Crippen LogP contribution in [0.25, 0.3) is 21.9 Å². The molecule has 3 aromatic heterocycles. The van der Waals surface area contributed by atoms with Crippen LogP contribution in [0.1, 0.15) is 11.7 Å². The predicted octanol–water partition coefficient (Wildman–Crippen LogP) is 2.88. The number of fused-ring (bicyclic) bond motifs is 3. The fourth-order valence-electron chi connectivity index (χ4n) is 3.84. The molecule has 11 heteroatoms. The molecule has 172 valence electrons. The molecule has 34 heavy (non-hydrogen) atoms. The Hall–Kier alpha value is -4.54. The van der Waals surface area contributed by atoms with Gasteiger partial charge in [0.2, 0.25) is 11.8 Å². The number of hydrogen-bond donors (Lipinski definition) is 1. The van der Waals surface area contributed by atoms with E-state index in [1.54, 1.807) is 42.9 Å². The van der Waals surface area contributed by atoms with Gasteiger partial charge in [-0.25, -0.2) is 9.37 Å². The van der Waals surface area contributed by atoms with E-state index < -0.39 is 11.7 Å². The van der Waals surface area contributed by atoms with Crippen LogP contribution in [0.2, 0.25) is 0 Å². The van der Waals surface area contributed by atoms with Crippen molar-refractivity contribution in [2.75, 3.05) is 12.4 Å². The molecule has 0 atom stereocenters. The monoisotopic (exact) mass is 462 g/mol. The first kappa shape index (κ1) is 21.3. The SMILES string of the molecule is COc1ccc2c(c1)c1ncn(Cc3nc(C)no3)c(=O)c1n2CC(=O)Nc1cccc(F)c1. The summed E-state index contributed by atoms with van der Waals surface area (Å²) in [7, 11) is 1.54. The number of carbonyl (C=O) groups excluding carboxylic acids is 1. The predicted molar refractivity (Wildman–Crippen MR) is 121 cm³/mol. The molecule has 0 fully saturated rings. The minimum absolute atomic E-state index is 0.0307. The van der Waals surface area contributed by atoms with Crippen molar-refractivity contribution in [3.63, 3.8) is 0 Å². The number of aryl methyl sites for hydroxylation is 1. The summed E-state index contributed by atoms with van der Waals surface area (Å²) in [6, 6.07) is 10.8.